The van der Waals surface area contributed by atoms with E-state index < -0.39 is 12.0 Å². The molecule has 0 spiro atoms. The van der Waals surface area contributed by atoms with Crippen molar-refractivity contribution in [3.8, 4) is 11.5 Å². The number of aryl methyl sites for hydroxylation is 1. The largest absolute Gasteiger partial charge is 0.451 e. The summed E-state index contributed by atoms with van der Waals surface area (Å²) in [4.78, 5) is 11.2. The summed E-state index contributed by atoms with van der Waals surface area (Å²) in [5, 5.41) is 2.79. The predicted molar refractivity (Wildman–Crippen MR) is 72.7 cm³/mol. The van der Waals surface area contributed by atoms with Gasteiger partial charge in [0, 0.05) is 31.5 Å². The molecule has 21 heavy (non-hydrogen) atoms. The average Bonchev–Trinajstić information content (AvgIpc) is 2.86. The van der Waals surface area contributed by atoms with Crippen LogP contribution in [0.2, 0.25) is 0 Å². The van der Waals surface area contributed by atoms with Gasteiger partial charge < -0.3 is 9.88 Å². The zero-order valence-electron chi connectivity index (χ0n) is 11.8. The second-order valence-electron chi connectivity index (χ2n) is 4.43. The minimum Gasteiger partial charge on any atom is -0.370 e. The summed E-state index contributed by atoms with van der Waals surface area (Å²) in [5.41, 5.74) is 0.159. The van der Waals surface area contributed by atoms with E-state index in [1.54, 1.807) is 23.9 Å². The molecule has 0 saturated heterocycles. The van der Waals surface area contributed by atoms with E-state index >= 15 is 0 Å². The molecule has 0 amide bonds. The standard InChI is InChI=1S/C13H16F3N5/c1-3-6-21-7-5-18-11(21)9-8-10(17-4-2)20-12(19-9)13(14,15)16/h5,7-8H,3-4,6H2,1-2H3,(H,17,19,20). The van der Waals surface area contributed by atoms with E-state index in [-0.39, 0.29) is 11.5 Å². The predicted octanol–water partition coefficient (Wildman–Crippen LogP) is 3.20. The highest BCUT2D eigenvalue weighted by Gasteiger charge is 2.35. The first-order valence-corrected chi connectivity index (χ1v) is 6.67. The maximum atomic E-state index is 12.9. The molecule has 2 rings (SSSR count). The molecule has 0 bridgehead atoms. The van der Waals surface area contributed by atoms with Crippen molar-refractivity contribution in [1.82, 2.24) is 19.5 Å². The normalized spacial score (nSPS) is 11.7. The number of imidazole rings is 1. The van der Waals surface area contributed by atoms with Crippen molar-refractivity contribution < 1.29 is 13.2 Å². The Kier molecular flexibility index (Phi) is 4.44. The molecule has 0 fully saturated rings. The molecule has 2 aromatic heterocycles. The number of hydrogen-bond acceptors (Lipinski definition) is 4. The lowest BCUT2D eigenvalue weighted by Gasteiger charge is -2.11. The van der Waals surface area contributed by atoms with Crippen molar-refractivity contribution >= 4 is 5.82 Å². The molecule has 0 unspecified atom stereocenters. The molecule has 5 nitrogen and oxygen atoms in total. The number of halogens is 3. The second-order valence-corrected chi connectivity index (χ2v) is 4.43. The highest BCUT2D eigenvalue weighted by molar-refractivity contribution is 5.56. The monoisotopic (exact) mass is 299 g/mol. The van der Waals surface area contributed by atoms with Gasteiger partial charge in [-0.05, 0) is 13.3 Å². The molecule has 0 aliphatic heterocycles. The fraction of sp³-hybridized carbons (Fsp3) is 0.462. The SMILES string of the molecule is CCCn1ccnc1-c1cc(NCC)nc(C(F)(F)F)n1. The van der Waals surface area contributed by atoms with Crippen LogP contribution in [0.3, 0.4) is 0 Å². The van der Waals surface area contributed by atoms with Gasteiger partial charge in [0.1, 0.15) is 11.5 Å². The summed E-state index contributed by atoms with van der Waals surface area (Å²) < 4.78 is 40.5. The zero-order valence-corrected chi connectivity index (χ0v) is 11.8. The summed E-state index contributed by atoms with van der Waals surface area (Å²) >= 11 is 0. The lowest BCUT2D eigenvalue weighted by molar-refractivity contribution is -0.144. The minimum atomic E-state index is -4.59. The van der Waals surface area contributed by atoms with Crippen molar-refractivity contribution in [1.29, 1.82) is 0 Å². The number of aromatic nitrogens is 4. The summed E-state index contributed by atoms with van der Waals surface area (Å²) in [5.74, 6) is -0.619. The van der Waals surface area contributed by atoms with Crippen molar-refractivity contribution in [2.24, 2.45) is 0 Å². The van der Waals surface area contributed by atoms with E-state index in [4.69, 9.17) is 0 Å². The Morgan fingerprint density at radius 2 is 2.00 bits per heavy atom. The van der Waals surface area contributed by atoms with Gasteiger partial charge in [0.15, 0.2) is 5.82 Å². The van der Waals surface area contributed by atoms with E-state index in [0.717, 1.165) is 6.42 Å². The van der Waals surface area contributed by atoms with Crippen LogP contribution in [0.25, 0.3) is 11.5 Å². The van der Waals surface area contributed by atoms with Crippen LogP contribution in [0.4, 0.5) is 19.0 Å². The Bertz CT molecular complexity index is 606. The molecule has 114 valence electrons. The molecule has 2 aromatic rings. The van der Waals surface area contributed by atoms with Crippen molar-refractivity contribution in [2.45, 2.75) is 33.0 Å². The van der Waals surface area contributed by atoms with Crippen molar-refractivity contribution in [3.05, 3.63) is 24.3 Å². The summed E-state index contributed by atoms with van der Waals surface area (Å²) in [7, 11) is 0. The molecule has 0 radical (unpaired) electrons. The number of anilines is 1. The van der Waals surface area contributed by atoms with Crippen LogP contribution < -0.4 is 5.32 Å². The molecule has 0 saturated carbocycles. The van der Waals surface area contributed by atoms with Crippen LogP contribution in [-0.4, -0.2) is 26.1 Å². The quantitative estimate of drug-likeness (QED) is 0.921. The Morgan fingerprint density at radius 3 is 2.62 bits per heavy atom. The highest BCUT2D eigenvalue weighted by atomic mass is 19.4. The van der Waals surface area contributed by atoms with Gasteiger partial charge in [0.2, 0.25) is 5.82 Å². The molecular weight excluding hydrogens is 283 g/mol. The lowest BCUT2D eigenvalue weighted by atomic mass is 10.3. The fourth-order valence-electron chi connectivity index (χ4n) is 1.92. The molecule has 8 heteroatoms. The maximum absolute atomic E-state index is 12.9. The smallest absolute Gasteiger partial charge is 0.370 e. The molecule has 2 heterocycles. The number of hydrogen-bond donors (Lipinski definition) is 1. The van der Waals surface area contributed by atoms with Crippen LogP contribution in [-0.2, 0) is 12.7 Å². The van der Waals surface area contributed by atoms with Crippen LogP contribution in [0.15, 0.2) is 18.5 Å². The third-order valence-corrected chi connectivity index (χ3v) is 2.75. The minimum absolute atomic E-state index is 0.140. The first-order valence-electron chi connectivity index (χ1n) is 6.67. The van der Waals surface area contributed by atoms with Gasteiger partial charge >= 0.3 is 6.18 Å². The Balaban J connectivity index is 2.51. The van der Waals surface area contributed by atoms with Crippen LogP contribution >= 0.6 is 0 Å². The van der Waals surface area contributed by atoms with Crippen molar-refractivity contribution in [2.75, 3.05) is 11.9 Å². The van der Waals surface area contributed by atoms with E-state index in [1.807, 2.05) is 6.92 Å². The topological polar surface area (TPSA) is 55.6 Å². The number of nitrogens with zero attached hydrogens (tertiary/aromatic N) is 4. The van der Waals surface area contributed by atoms with E-state index in [1.165, 1.54) is 6.07 Å². The third kappa shape index (κ3) is 3.50. The molecule has 1 N–H and O–H groups in total. The zero-order chi connectivity index (χ0) is 15.5. The van der Waals surface area contributed by atoms with Gasteiger partial charge in [-0.15, -0.1) is 0 Å². The Hall–Kier alpha value is -2.12. The van der Waals surface area contributed by atoms with Gasteiger partial charge in [0.25, 0.3) is 0 Å². The molecule has 0 atom stereocenters. The van der Waals surface area contributed by atoms with Gasteiger partial charge in [-0.25, -0.2) is 15.0 Å². The van der Waals surface area contributed by atoms with E-state index in [2.05, 4.69) is 20.3 Å². The highest BCUT2D eigenvalue weighted by Crippen LogP contribution is 2.29. The first-order chi connectivity index (χ1) is 9.95. The Labute approximate surface area is 120 Å². The summed E-state index contributed by atoms with van der Waals surface area (Å²) in [6.07, 6.45) is -0.475. The van der Waals surface area contributed by atoms with Crippen LogP contribution in [0.1, 0.15) is 26.1 Å². The number of rotatable bonds is 5. The van der Waals surface area contributed by atoms with E-state index in [0.29, 0.717) is 18.9 Å². The van der Waals surface area contributed by atoms with E-state index in [9.17, 15) is 13.2 Å². The molecule has 0 aliphatic rings. The van der Waals surface area contributed by atoms with Gasteiger partial charge in [-0.2, -0.15) is 13.2 Å². The molecular formula is C13H16F3N5. The molecule has 0 aromatic carbocycles. The second kappa shape index (κ2) is 6.11. The summed E-state index contributed by atoms with van der Waals surface area (Å²) in [6, 6.07) is 1.48. The third-order valence-electron chi connectivity index (χ3n) is 2.75. The number of alkyl halides is 3. The fourth-order valence-corrected chi connectivity index (χ4v) is 1.92. The molecule has 0 aliphatic carbocycles. The van der Waals surface area contributed by atoms with Crippen LogP contribution in [0.5, 0.6) is 0 Å². The van der Waals surface area contributed by atoms with Gasteiger partial charge in [0.05, 0.1) is 0 Å². The lowest BCUT2D eigenvalue weighted by Crippen LogP contribution is -2.14. The van der Waals surface area contributed by atoms with Crippen LogP contribution in [0, 0.1) is 0 Å². The Morgan fingerprint density at radius 1 is 1.24 bits per heavy atom. The maximum Gasteiger partial charge on any atom is 0.451 e. The number of nitrogens with one attached hydrogen (secondary N) is 1. The average molecular weight is 299 g/mol. The van der Waals surface area contributed by atoms with Gasteiger partial charge in [-0.3, -0.25) is 0 Å². The summed E-state index contributed by atoms with van der Waals surface area (Å²) in [6.45, 7) is 4.90. The van der Waals surface area contributed by atoms with Gasteiger partial charge in [-0.1, -0.05) is 6.92 Å². The first kappa shape index (κ1) is 15.3. The van der Waals surface area contributed by atoms with Crippen molar-refractivity contribution in [3.63, 3.8) is 0 Å².